The normalized spacial score (nSPS) is 13.7. The number of ether oxygens (including phenoxy) is 1. The highest BCUT2D eigenvalue weighted by Crippen LogP contribution is 2.40. The molecule has 3 heterocycles. The van der Waals surface area contributed by atoms with Crippen molar-refractivity contribution in [3.05, 3.63) is 83.6 Å². The van der Waals surface area contributed by atoms with Crippen molar-refractivity contribution in [2.75, 3.05) is 32.1 Å². The van der Waals surface area contributed by atoms with E-state index in [-0.39, 0.29) is 12.2 Å². The fourth-order valence-corrected chi connectivity index (χ4v) is 5.43. The average Bonchev–Trinajstić information content (AvgIpc) is 3.36. The first-order chi connectivity index (χ1) is 18.4. The molecule has 5 rings (SSSR count). The summed E-state index contributed by atoms with van der Waals surface area (Å²) in [6.07, 6.45) is 4.48. The molecule has 1 aliphatic heterocycles. The number of carbonyl (C=O) groups excluding carboxylic acids is 2. The molecular weight excluding hydrogens is 503 g/mol. The Morgan fingerprint density at radius 1 is 1.11 bits per heavy atom. The number of carbonyl (C=O) groups is 2. The number of amides is 2. The molecule has 4 aromatic rings. The second-order valence-electron chi connectivity index (χ2n) is 9.01. The summed E-state index contributed by atoms with van der Waals surface area (Å²) in [7, 11) is 3.56. The molecule has 1 aliphatic rings. The number of hydrogen-bond acceptors (Lipinski definition) is 6. The molecule has 0 bridgehead atoms. The molecule has 0 atom stereocenters. The van der Waals surface area contributed by atoms with Crippen LogP contribution in [-0.2, 0) is 9.59 Å². The number of aromatic nitrogens is 1. The van der Waals surface area contributed by atoms with Gasteiger partial charge in [-0.3, -0.25) is 19.5 Å². The van der Waals surface area contributed by atoms with E-state index in [0.717, 1.165) is 34.6 Å². The molecule has 194 valence electrons. The number of likely N-dealkylation sites (N-methyl/N-ethyl adjacent to an activating group) is 1. The molecule has 2 amide bonds. The highest BCUT2D eigenvalue weighted by molar-refractivity contribution is 7.20. The van der Waals surface area contributed by atoms with Crippen LogP contribution in [0.4, 0.5) is 15.8 Å². The zero-order chi connectivity index (χ0) is 26.6. The van der Waals surface area contributed by atoms with Crippen LogP contribution in [0.5, 0.6) is 11.5 Å². The minimum Gasteiger partial charge on any atom is -0.453 e. The van der Waals surface area contributed by atoms with E-state index in [2.05, 4.69) is 34.4 Å². The number of fused-ring (bicyclic) bond motifs is 1. The summed E-state index contributed by atoms with van der Waals surface area (Å²) in [5.74, 6) is -0.988. The molecule has 0 radical (unpaired) electrons. The lowest BCUT2D eigenvalue weighted by atomic mass is 10.1. The number of rotatable bonds is 7. The summed E-state index contributed by atoms with van der Waals surface area (Å²) in [6, 6.07) is 16.9. The molecule has 2 aromatic heterocycles. The van der Waals surface area contributed by atoms with Crippen LogP contribution >= 0.6 is 11.3 Å². The van der Waals surface area contributed by atoms with Gasteiger partial charge in [-0.1, -0.05) is 24.3 Å². The SMILES string of the molecule is CNC(=O)CC(=O)N(c1ccccc1)c1ccc(Oc2ccnc3cc(C4=CCN(C)CC4)sc23)c(F)c1. The Balaban J connectivity index is 1.44. The lowest BCUT2D eigenvalue weighted by molar-refractivity contribution is -0.127. The molecule has 0 fully saturated rings. The van der Waals surface area contributed by atoms with Crippen LogP contribution in [0.25, 0.3) is 15.8 Å². The molecule has 9 heteroatoms. The number of nitrogens with zero attached hydrogens (tertiary/aromatic N) is 3. The van der Waals surface area contributed by atoms with Gasteiger partial charge in [-0.25, -0.2) is 4.39 Å². The van der Waals surface area contributed by atoms with Gasteiger partial charge in [-0.15, -0.1) is 11.3 Å². The summed E-state index contributed by atoms with van der Waals surface area (Å²) in [5.41, 5.74) is 2.91. The number of halogens is 1. The Labute approximate surface area is 224 Å². The third-order valence-electron chi connectivity index (χ3n) is 6.35. The first kappa shape index (κ1) is 25.6. The number of nitrogens with one attached hydrogen (secondary N) is 1. The molecule has 0 unspecified atom stereocenters. The average molecular weight is 531 g/mol. The summed E-state index contributed by atoms with van der Waals surface area (Å²) >= 11 is 1.59. The predicted octanol–water partition coefficient (Wildman–Crippen LogP) is 5.75. The number of para-hydroxylation sites is 1. The fraction of sp³-hybridized carbons (Fsp3) is 0.207. The van der Waals surface area contributed by atoms with Crippen LogP contribution in [0.1, 0.15) is 17.7 Å². The van der Waals surface area contributed by atoms with Crippen molar-refractivity contribution in [1.29, 1.82) is 0 Å². The van der Waals surface area contributed by atoms with Crippen molar-refractivity contribution >= 4 is 50.3 Å². The standard InChI is InChI=1S/C29H27FN4O3S/c1-31-27(35)18-28(36)34(20-6-4-3-5-7-20)21-8-9-24(22(30)16-21)37-25-10-13-32-23-17-26(38-29(23)25)19-11-14-33(2)15-12-19/h3-11,13,16-17H,12,14-15,18H2,1-2H3,(H,31,35). The molecular formula is C29H27FN4O3S. The van der Waals surface area contributed by atoms with Crippen molar-refractivity contribution in [3.8, 4) is 11.5 Å². The van der Waals surface area contributed by atoms with Gasteiger partial charge in [0.2, 0.25) is 11.8 Å². The lowest BCUT2D eigenvalue weighted by Crippen LogP contribution is -2.31. The van der Waals surface area contributed by atoms with Gasteiger partial charge in [0.05, 0.1) is 15.9 Å². The Bertz CT molecular complexity index is 1520. The van der Waals surface area contributed by atoms with Gasteiger partial charge >= 0.3 is 0 Å². The summed E-state index contributed by atoms with van der Waals surface area (Å²) in [6.45, 7) is 1.91. The van der Waals surface area contributed by atoms with Gasteiger partial charge in [0, 0.05) is 49.0 Å². The van der Waals surface area contributed by atoms with E-state index in [1.807, 2.05) is 6.07 Å². The third-order valence-corrected chi connectivity index (χ3v) is 7.57. The van der Waals surface area contributed by atoms with E-state index in [1.165, 1.54) is 29.7 Å². The molecule has 0 saturated heterocycles. The van der Waals surface area contributed by atoms with E-state index >= 15 is 4.39 Å². The van der Waals surface area contributed by atoms with Gasteiger partial charge in [0.1, 0.15) is 12.2 Å². The van der Waals surface area contributed by atoms with Gasteiger partial charge < -0.3 is 15.0 Å². The molecule has 38 heavy (non-hydrogen) atoms. The Kier molecular flexibility index (Phi) is 7.48. The Morgan fingerprint density at radius 3 is 2.63 bits per heavy atom. The maximum Gasteiger partial charge on any atom is 0.240 e. The smallest absolute Gasteiger partial charge is 0.240 e. The first-order valence-corrected chi connectivity index (χ1v) is 13.1. The maximum absolute atomic E-state index is 15.4. The maximum atomic E-state index is 15.4. The summed E-state index contributed by atoms with van der Waals surface area (Å²) < 4.78 is 22.2. The second kappa shape index (κ2) is 11.1. The van der Waals surface area contributed by atoms with Crippen molar-refractivity contribution in [2.24, 2.45) is 0 Å². The van der Waals surface area contributed by atoms with Crippen molar-refractivity contribution in [1.82, 2.24) is 15.2 Å². The Morgan fingerprint density at radius 2 is 1.92 bits per heavy atom. The van der Waals surface area contributed by atoms with Crippen LogP contribution in [0.3, 0.4) is 0 Å². The van der Waals surface area contributed by atoms with E-state index in [1.54, 1.807) is 53.9 Å². The molecule has 2 aromatic carbocycles. The second-order valence-corrected chi connectivity index (χ2v) is 10.1. The summed E-state index contributed by atoms with van der Waals surface area (Å²) in [4.78, 5) is 34.1. The number of hydrogen-bond donors (Lipinski definition) is 1. The van der Waals surface area contributed by atoms with Crippen LogP contribution in [-0.4, -0.2) is 48.9 Å². The predicted molar refractivity (Wildman–Crippen MR) is 148 cm³/mol. The van der Waals surface area contributed by atoms with E-state index < -0.39 is 17.6 Å². The zero-order valence-electron chi connectivity index (χ0n) is 21.1. The summed E-state index contributed by atoms with van der Waals surface area (Å²) in [5, 5.41) is 2.45. The highest BCUT2D eigenvalue weighted by atomic mass is 32.1. The highest BCUT2D eigenvalue weighted by Gasteiger charge is 2.22. The van der Waals surface area contributed by atoms with Gasteiger partial charge in [0.25, 0.3) is 0 Å². The number of pyridine rings is 1. The monoisotopic (exact) mass is 530 g/mol. The van der Waals surface area contributed by atoms with Crippen LogP contribution < -0.4 is 15.0 Å². The molecule has 7 nitrogen and oxygen atoms in total. The minimum absolute atomic E-state index is 0.0291. The van der Waals surface area contributed by atoms with Gasteiger partial charge in [-0.2, -0.15) is 0 Å². The van der Waals surface area contributed by atoms with Crippen molar-refractivity contribution in [3.63, 3.8) is 0 Å². The number of thiophene rings is 1. The van der Waals surface area contributed by atoms with E-state index in [4.69, 9.17) is 4.74 Å². The minimum atomic E-state index is -0.629. The largest absolute Gasteiger partial charge is 0.453 e. The molecule has 1 N–H and O–H groups in total. The Hall–Kier alpha value is -4.08. The van der Waals surface area contributed by atoms with Gasteiger partial charge in [-0.05, 0) is 49.4 Å². The number of anilines is 2. The van der Waals surface area contributed by atoms with E-state index in [9.17, 15) is 9.59 Å². The van der Waals surface area contributed by atoms with Gasteiger partial charge in [0.15, 0.2) is 11.6 Å². The lowest BCUT2D eigenvalue weighted by Gasteiger charge is -2.23. The molecule has 0 aliphatic carbocycles. The van der Waals surface area contributed by atoms with Crippen LogP contribution in [0.2, 0.25) is 0 Å². The van der Waals surface area contributed by atoms with Crippen molar-refractivity contribution in [2.45, 2.75) is 12.8 Å². The molecule has 0 saturated carbocycles. The third kappa shape index (κ3) is 5.44. The first-order valence-electron chi connectivity index (χ1n) is 12.3. The number of benzene rings is 2. The fourth-order valence-electron chi connectivity index (χ4n) is 4.30. The zero-order valence-corrected chi connectivity index (χ0v) is 21.9. The van der Waals surface area contributed by atoms with Crippen molar-refractivity contribution < 1.29 is 18.7 Å². The van der Waals surface area contributed by atoms with E-state index in [0.29, 0.717) is 17.1 Å². The molecule has 0 spiro atoms. The van der Waals surface area contributed by atoms with Crippen LogP contribution in [0.15, 0.2) is 72.9 Å². The topological polar surface area (TPSA) is 74.8 Å². The van der Waals surface area contributed by atoms with Crippen LogP contribution in [0, 0.1) is 5.82 Å². The quantitative estimate of drug-likeness (QED) is 0.308.